The molecule has 7 nitrogen and oxygen atoms in total. The molecule has 1 aromatic heterocycles. The van der Waals surface area contributed by atoms with Gasteiger partial charge in [-0.3, -0.25) is 14.7 Å². The number of anilines is 1. The lowest BCUT2D eigenvalue weighted by molar-refractivity contribution is -0.140. The van der Waals surface area contributed by atoms with E-state index in [1.165, 1.54) is 0 Å². The number of carboxylic acid groups (broad SMARTS) is 1. The molecule has 0 aliphatic heterocycles. The number of carbonyl (C=O) groups is 2. The number of hydrogen-bond donors (Lipinski definition) is 3. The zero-order valence-corrected chi connectivity index (χ0v) is 14.7. The highest BCUT2D eigenvalue weighted by atomic mass is 16.4. The zero-order chi connectivity index (χ0) is 18.4. The monoisotopic (exact) mass is 342 g/mol. The highest BCUT2D eigenvalue weighted by molar-refractivity contribution is 6.00. The molecule has 1 heterocycles. The van der Waals surface area contributed by atoms with Crippen molar-refractivity contribution in [1.82, 2.24) is 15.2 Å². The number of aromatic amines is 1. The van der Waals surface area contributed by atoms with Crippen LogP contribution in [0, 0.1) is 17.3 Å². The Bertz CT molecular complexity index is 825. The Morgan fingerprint density at radius 3 is 2.56 bits per heavy atom. The van der Waals surface area contributed by atoms with E-state index in [1.807, 2.05) is 26.0 Å². The van der Waals surface area contributed by atoms with Crippen molar-refractivity contribution in [2.24, 2.45) is 17.3 Å². The Hall–Kier alpha value is -2.70. The molecular weight excluding hydrogens is 320 g/mol. The van der Waals surface area contributed by atoms with E-state index in [0.717, 1.165) is 11.4 Å². The van der Waals surface area contributed by atoms with Crippen LogP contribution in [0.4, 0.5) is 5.69 Å². The standard InChI is InChI=1S/C18H22N4O3/c1-9(2)14-20-15(22-21-14)10-6-5-7-11(8-10)19-16(23)12-13(17(24)25)18(12,3)4/h5-9,12-13H,1-4H3,(H,19,23)(H,24,25)(H,20,21,22)/t12-,13+/m0/s1. The first-order chi connectivity index (χ1) is 11.7. The molecule has 0 saturated heterocycles. The van der Waals surface area contributed by atoms with E-state index in [-0.39, 0.29) is 11.8 Å². The number of nitrogens with zero attached hydrogens (tertiary/aromatic N) is 2. The second-order valence-corrected chi connectivity index (χ2v) is 7.38. The van der Waals surface area contributed by atoms with Crippen LogP contribution in [0.2, 0.25) is 0 Å². The molecular formula is C18H22N4O3. The van der Waals surface area contributed by atoms with Crippen LogP contribution in [0.15, 0.2) is 24.3 Å². The summed E-state index contributed by atoms with van der Waals surface area (Å²) in [6, 6.07) is 7.23. The smallest absolute Gasteiger partial charge is 0.307 e. The zero-order valence-electron chi connectivity index (χ0n) is 14.7. The Balaban J connectivity index is 1.76. The van der Waals surface area contributed by atoms with Crippen molar-refractivity contribution in [1.29, 1.82) is 0 Å². The third kappa shape index (κ3) is 3.14. The van der Waals surface area contributed by atoms with Crippen LogP contribution in [-0.4, -0.2) is 32.2 Å². The van der Waals surface area contributed by atoms with Gasteiger partial charge < -0.3 is 10.4 Å². The molecule has 25 heavy (non-hydrogen) atoms. The van der Waals surface area contributed by atoms with Gasteiger partial charge in [0.1, 0.15) is 5.82 Å². The van der Waals surface area contributed by atoms with Crippen LogP contribution in [0.1, 0.15) is 39.4 Å². The maximum atomic E-state index is 12.4. The lowest BCUT2D eigenvalue weighted by Crippen LogP contribution is -2.17. The maximum absolute atomic E-state index is 12.4. The van der Waals surface area contributed by atoms with Crippen molar-refractivity contribution in [3.63, 3.8) is 0 Å². The fraction of sp³-hybridized carbons (Fsp3) is 0.444. The van der Waals surface area contributed by atoms with E-state index in [4.69, 9.17) is 0 Å². The minimum atomic E-state index is -0.930. The van der Waals surface area contributed by atoms with Gasteiger partial charge >= 0.3 is 5.97 Å². The van der Waals surface area contributed by atoms with Gasteiger partial charge in [-0.15, -0.1) is 0 Å². The molecule has 3 rings (SSSR count). The molecule has 0 unspecified atom stereocenters. The van der Waals surface area contributed by atoms with E-state index in [9.17, 15) is 14.7 Å². The number of nitrogens with one attached hydrogen (secondary N) is 2. The molecule has 0 spiro atoms. The average Bonchev–Trinajstić information content (AvgIpc) is 2.91. The largest absolute Gasteiger partial charge is 0.481 e. The second kappa shape index (κ2) is 5.98. The molecule has 3 N–H and O–H groups in total. The van der Waals surface area contributed by atoms with Crippen molar-refractivity contribution in [3.05, 3.63) is 30.1 Å². The van der Waals surface area contributed by atoms with E-state index in [0.29, 0.717) is 11.5 Å². The summed E-state index contributed by atoms with van der Waals surface area (Å²) in [6.07, 6.45) is 0. The molecule has 1 aromatic carbocycles. The van der Waals surface area contributed by atoms with Crippen molar-refractivity contribution in [3.8, 4) is 11.4 Å². The number of hydrogen-bond acceptors (Lipinski definition) is 4. The number of aliphatic carboxylic acids is 1. The summed E-state index contributed by atoms with van der Waals surface area (Å²) in [7, 11) is 0. The number of rotatable bonds is 5. The predicted molar refractivity (Wildman–Crippen MR) is 92.9 cm³/mol. The third-order valence-electron chi connectivity index (χ3n) is 4.81. The SMILES string of the molecule is CC(C)c1nc(-c2cccc(NC(=O)[C@@H]3[C@H](C(=O)O)C3(C)C)c2)n[nH]1. The van der Waals surface area contributed by atoms with Gasteiger partial charge in [-0.1, -0.05) is 39.8 Å². The molecule has 1 aliphatic carbocycles. The first kappa shape index (κ1) is 17.1. The fourth-order valence-corrected chi connectivity index (χ4v) is 3.21. The number of aromatic nitrogens is 3. The van der Waals surface area contributed by atoms with E-state index in [2.05, 4.69) is 20.5 Å². The Morgan fingerprint density at radius 1 is 1.28 bits per heavy atom. The molecule has 1 amide bonds. The number of benzene rings is 1. The summed E-state index contributed by atoms with van der Waals surface area (Å²) in [5.41, 5.74) is 0.861. The van der Waals surface area contributed by atoms with Crippen molar-refractivity contribution >= 4 is 17.6 Å². The van der Waals surface area contributed by atoms with Crippen LogP contribution in [-0.2, 0) is 9.59 Å². The second-order valence-electron chi connectivity index (χ2n) is 7.38. The van der Waals surface area contributed by atoms with Gasteiger partial charge in [0, 0.05) is 17.2 Å². The highest BCUT2D eigenvalue weighted by Crippen LogP contribution is 2.58. The quantitative estimate of drug-likeness (QED) is 0.774. The van der Waals surface area contributed by atoms with Crippen molar-refractivity contribution < 1.29 is 14.7 Å². The van der Waals surface area contributed by atoms with Crippen molar-refractivity contribution in [2.75, 3.05) is 5.32 Å². The van der Waals surface area contributed by atoms with Gasteiger partial charge in [0.2, 0.25) is 5.91 Å². The predicted octanol–water partition coefficient (Wildman–Crippen LogP) is 2.89. The van der Waals surface area contributed by atoms with Gasteiger partial charge in [-0.2, -0.15) is 5.10 Å². The van der Waals surface area contributed by atoms with E-state index < -0.39 is 23.2 Å². The number of carbonyl (C=O) groups excluding carboxylic acids is 1. The fourth-order valence-electron chi connectivity index (χ4n) is 3.21. The summed E-state index contributed by atoms with van der Waals surface area (Å²) in [6.45, 7) is 7.65. The number of amides is 1. The van der Waals surface area contributed by atoms with Crippen LogP contribution >= 0.6 is 0 Å². The molecule has 0 radical (unpaired) electrons. The lowest BCUT2D eigenvalue weighted by Gasteiger charge is -2.07. The summed E-state index contributed by atoms with van der Waals surface area (Å²) >= 11 is 0. The molecule has 7 heteroatoms. The molecule has 1 aliphatic rings. The van der Waals surface area contributed by atoms with Crippen LogP contribution < -0.4 is 5.32 Å². The lowest BCUT2D eigenvalue weighted by atomic mass is 10.1. The van der Waals surface area contributed by atoms with Gasteiger partial charge in [0.25, 0.3) is 0 Å². The minimum Gasteiger partial charge on any atom is -0.481 e. The summed E-state index contributed by atoms with van der Waals surface area (Å²) in [4.78, 5) is 28.1. The van der Waals surface area contributed by atoms with Gasteiger partial charge in [-0.25, -0.2) is 4.98 Å². The first-order valence-electron chi connectivity index (χ1n) is 8.28. The first-order valence-corrected chi connectivity index (χ1v) is 8.28. The van der Waals surface area contributed by atoms with Crippen LogP contribution in [0.3, 0.4) is 0 Å². The number of carboxylic acids is 1. The maximum Gasteiger partial charge on any atom is 0.307 e. The summed E-state index contributed by atoms with van der Waals surface area (Å²) in [5.74, 6) is -0.757. The van der Waals surface area contributed by atoms with Crippen molar-refractivity contribution in [2.45, 2.75) is 33.6 Å². The highest BCUT2D eigenvalue weighted by Gasteiger charge is 2.65. The normalized spacial score (nSPS) is 21.2. The summed E-state index contributed by atoms with van der Waals surface area (Å²) < 4.78 is 0. The molecule has 2 atom stereocenters. The van der Waals surface area contributed by atoms with Crippen LogP contribution in [0.25, 0.3) is 11.4 Å². The van der Waals surface area contributed by atoms with E-state index in [1.54, 1.807) is 26.0 Å². The van der Waals surface area contributed by atoms with E-state index >= 15 is 0 Å². The van der Waals surface area contributed by atoms with Gasteiger partial charge in [-0.05, 0) is 17.5 Å². The molecule has 0 bridgehead atoms. The Labute approximate surface area is 145 Å². The summed E-state index contributed by atoms with van der Waals surface area (Å²) in [5, 5.41) is 19.1. The third-order valence-corrected chi connectivity index (χ3v) is 4.81. The Kier molecular flexibility index (Phi) is 4.10. The molecule has 132 valence electrons. The van der Waals surface area contributed by atoms with Crippen LogP contribution in [0.5, 0.6) is 0 Å². The number of H-pyrrole nitrogens is 1. The topological polar surface area (TPSA) is 108 Å². The molecule has 1 fully saturated rings. The van der Waals surface area contributed by atoms with Gasteiger partial charge in [0.15, 0.2) is 5.82 Å². The molecule has 2 aromatic rings. The van der Waals surface area contributed by atoms with Gasteiger partial charge in [0.05, 0.1) is 11.8 Å². The molecule has 1 saturated carbocycles. The minimum absolute atomic E-state index is 0.245. The average molecular weight is 342 g/mol. The Morgan fingerprint density at radius 2 is 2.00 bits per heavy atom.